The van der Waals surface area contributed by atoms with Crippen molar-refractivity contribution in [1.29, 1.82) is 0 Å². The quantitative estimate of drug-likeness (QED) is 0.619. The number of nitrogens with zero attached hydrogens (tertiary/aromatic N) is 2. The fraction of sp³-hybridized carbons (Fsp3) is 0.368. The van der Waals surface area contributed by atoms with E-state index in [4.69, 9.17) is 9.47 Å². The van der Waals surface area contributed by atoms with Gasteiger partial charge in [0.15, 0.2) is 21.3 Å². The van der Waals surface area contributed by atoms with Gasteiger partial charge in [-0.15, -0.1) is 0 Å². The van der Waals surface area contributed by atoms with Crippen molar-refractivity contribution in [1.82, 2.24) is 9.99 Å². The van der Waals surface area contributed by atoms with Crippen LogP contribution in [0.5, 0.6) is 11.5 Å². The summed E-state index contributed by atoms with van der Waals surface area (Å²) in [4.78, 5) is 12.1. The summed E-state index contributed by atoms with van der Waals surface area (Å²) in [7, 11) is -3.10. The van der Waals surface area contributed by atoms with Crippen LogP contribution in [0.3, 0.4) is 0 Å². The van der Waals surface area contributed by atoms with E-state index < -0.39 is 15.8 Å². The highest BCUT2D eigenvalue weighted by molar-refractivity contribution is 7.91. The van der Waals surface area contributed by atoms with E-state index in [2.05, 4.69) is 15.1 Å². The van der Waals surface area contributed by atoms with Gasteiger partial charge in [0.05, 0.1) is 23.6 Å². The van der Waals surface area contributed by atoms with E-state index in [1.807, 2.05) is 38.1 Å². The molecule has 2 aliphatic heterocycles. The van der Waals surface area contributed by atoms with E-state index in [9.17, 15) is 13.2 Å². The molecule has 2 aliphatic rings. The van der Waals surface area contributed by atoms with Crippen molar-refractivity contribution in [3.05, 3.63) is 41.2 Å². The van der Waals surface area contributed by atoms with Gasteiger partial charge in [0.1, 0.15) is 0 Å². The molecule has 2 aromatic rings. The van der Waals surface area contributed by atoms with Crippen molar-refractivity contribution in [2.24, 2.45) is 11.0 Å². The number of rotatable bonds is 4. The summed E-state index contributed by atoms with van der Waals surface area (Å²) in [5.74, 6) is 0.507. The van der Waals surface area contributed by atoms with Crippen LogP contribution in [0.25, 0.3) is 5.69 Å². The van der Waals surface area contributed by atoms with Gasteiger partial charge in [0.25, 0.3) is 0 Å². The smallest absolute Gasteiger partial charge is 0.244 e. The predicted octanol–water partition coefficient (Wildman–Crippen LogP) is 1.71. The molecular formula is C19H21N3O5S. The Kier molecular flexibility index (Phi) is 4.62. The lowest BCUT2D eigenvalue weighted by Crippen LogP contribution is -2.27. The molecular weight excluding hydrogens is 382 g/mol. The number of ether oxygens (including phenoxy) is 2. The lowest BCUT2D eigenvalue weighted by atomic mass is 10.1. The minimum Gasteiger partial charge on any atom is -0.454 e. The highest BCUT2D eigenvalue weighted by Crippen LogP contribution is 2.34. The van der Waals surface area contributed by atoms with E-state index in [1.54, 1.807) is 6.21 Å². The molecule has 1 atom stereocenters. The molecule has 0 radical (unpaired) electrons. The number of aryl methyl sites for hydroxylation is 1. The Morgan fingerprint density at radius 1 is 1.25 bits per heavy atom. The average Bonchev–Trinajstić information content (AvgIpc) is 3.32. The number of nitrogens with one attached hydrogen (secondary N) is 1. The Morgan fingerprint density at radius 2 is 2.04 bits per heavy atom. The maximum Gasteiger partial charge on any atom is 0.244 e. The first-order valence-corrected chi connectivity index (χ1v) is 10.8. The van der Waals surface area contributed by atoms with Gasteiger partial charge in [-0.2, -0.15) is 5.10 Å². The number of carbonyl (C=O) groups is 1. The zero-order chi connectivity index (χ0) is 19.9. The molecule has 148 valence electrons. The summed E-state index contributed by atoms with van der Waals surface area (Å²) in [6.45, 7) is 4.17. The molecule has 0 saturated carbocycles. The van der Waals surface area contributed by atoms with Crippen molar-refractivity contribution in [2.75, 3.05) is 18.3 Å². The molecule has 1 N–H and O–H groups in total. The number of hydrogen-bond donors (Lipinski definition) is 1. The predicted molar refractivity (Wildman–Crippen MR) is 104 cm³/mol. The lowest BCUT2D eigenvalue weighted by molar-refractivity contribution is -0.124. The van der Waals surface area contributed by atoms with Crippen LogP contribution >= 0.6 is 0 Å². The van der Waals surface area contributed by atoms with Gasteiger partial charge in [0, 0.05) is 28.7 Å². The number of amides is 1. The summed E-state index contributed by atoms with van der Waals surface area (Å²) >= 11 is 0. The minimum atomic E-state index is -3.10. The van der Waals surface area contributed by atoms with Crippen LogP contribution < -0.4 is 14.9 Å². The van der Waals surface area contributed by atoms with Crippen LogP contribution in [0.15, 0.2) is 29.4 Å². The van der Waals surface area contributed by atoms with Crippen LogP contribution in [0.2, 0.25) is 0 Å². The molecule has 1 aromatic carbocycles. The molecule has 4 rings (SSSR count). The first kappa shape index (κ1) is 18.5. The van der Waals surface area contributed by atoms with Gasteiger partial charge in [0.2, 0.25) is 12.7 Å². The Balaban J connectivity index is 1.50. The number of hydrazone groups is 1. The molecule has 9 heteroatoms. The number of carbonyl (C=O) groups excluding carboxylic acids is 1. The standard InChI is InChI=1S/C19H21N3O5S/c1-12-7-15(9-20-21-19(23)14-5-6-28(24,25)10-14)13(2)22(12)16-3-4-17-18(8-16)27-11-26-17/h3-4,7-9,14H,5-6,10-11H2,1-2H3,(H,21,23)/b20-9-/t14-/m1/s1. The van der Waals surface area contributed by atoms with E-state index in [1.165, 1.54) is 0 Å². The normalized spacial score (nSPS) is 20.0. The zero-order valence-corrected chi connectivity index (χ0v) is 16.5. The first-order chi connectivity index (χ1) is 13.3. The van der Waals surface area contributed by atoms with Crippen molar-refractivity contribution in [2.45, 2.75) is 20.3 Å². The van der Waals surface area contributed by atoms with Crippen molar-refractivity contribution >= 4 is 22.0 Å². The maximum atomic E-state index is 12.1. The Morgan fingerprint density at radius 3 is 2.79 bits per heavy atom. The van der Waals surface area contributed by atoms with Gasteiger partial charge >= 0.3 is 0 Å². The highest BCUT2D eigenvalue weighted by atomic mass is 32.2. The van der Waals surface area contributed by atoms with Gasteiger partial charge in [-0.3, -0.25) is 4.79 Å². The van der Waals surface area contributed by atoms with Crippen molar-refractivity contribution in [3.63, 3.8) is 0 Å². The monoisotopic (exact) mass is 403 g/mol. The third kappa shape index (κ3) is 3.49. The van der Waals surface area contributed by atoms with Crippen LogP contribution in [0, 0.1) is 19.8 Å². The second kappa shape index (κ2) is 6.97. The lowest BCUT2D eigenvalue weighted by Gasteiger charge is -2.10. The van der Waals surface area contributed by atoms with Crippen LogP contribution in [0.1, 0.15) is 23.4 Å². The van der Waals surface area contributed by atoms with Crippen molar-refractivity contribution < 1.29 is 22.7 Å². The summed E-state index contributed by atoms with van der Waals surface area (Å²) in [6.07, 6.45) is 1.93. The zero-order valence-electron chi connectivity index (χ0n) is 15.6. The second-order valence-corrected chi connectivity index (χ2v) is 9.26. The van der Waals surface area contributed by atoms with E-state index in [0.29, 0.717) is 12.2 Å². The SMILES string of the molecule is Cc1cc(/C=N\NC(=O)[C@@H]2CCS(=O)(=O)C2)c(C)n1-c1ccc2c(c1)OCO2. The van der Waals surface area contributed by atoms with Gasteiger partial charge < -0.3 is 14.0 Å². The Labute approximate surface area is 163 Å². The highest BCUT2D eigenvalue weighted by Gasteiger charge is 2.32. The fourth-order valence-corrected chi connectivity index (χ4v) is 5.34. The van der Waals surface area contributed by atoms with E-state index in [-0.39, 0.29) is 24.2 Å². The van der Waals surface area contributed by atoms with Crippen LogP contribution in [-0.4, -0.2) is 43.4 Å². The first-order valence-electron chi connectivity index (χ1n) is 8.96. The van der Waals surface area contributed by atoms with E-state index >= 15 is 0 Å². The molecule has 1 amide bonds. The summed E-state index contributed by atoms with van der Waals surface area (Å²) in [5.41, 5.74) is 6.22. The molecule has 0 bridgehead atoms. The molecule has 1 saturated heterocycles. The average molecular weight is 403 g/mol. The topological polar surface area (TPSA) is 99.0 Å². The molecule has 0 spiro atoms. The van der Waals surface area contributed by atoms with Gasteiger partial charge in [-0.05, 0) is 38.5 Å². The molecule has 0 aliphatic carbocycles. The number of fused-ring (bicyclic) bond motifs is 1. The van der Waals surface area contributed by atoms with Crippen LogP contribution in [0.4, 0.5) is 0 Å². The summed E-state index contributed by atoms with van der Waals surface area (Å²) in [5, 5.41) is 4.02. The summed E-state index contributed by atoms with van der Waals surface area (Å²) in [6, 6.07) is 7.72. The third-order valence-electron chi connectivity index (χ3n) is 5.07. The number of hydrogen-bond acceptors (Lipinski definition) is 6. The minimum absolute atomic E-state index is 0.0610. The molecule has 0 unspecified atom stereocenters. The van der Waals surface area contributed by atoms with E-state index in [0.717, 1.165) is 28.4 Å². The molecule has 1 fully saturated rings. The number of benzene rings is 1. The Bertz CT molecular complexity index is 1070. The number of aromatic nitrogens is 1. The van der Waals surface area contributed by atoms with Crippen molar-refractivity contribution in [3.8, 4) is 17.2 Å². The van der Waals surface area contributed by atoms with Gasteiger partial charge in [-0.25, -0.2) is 13.8 Å². The largest absolute Gasteiger partial charge is 0.454 e. The molecule has 8 nitrogen and oxygen atoms in total. The molecule has 3 heterocycles. The maximum absolute atomic E-state index is 12.1. The second-order valence-electron chi connectivity index (χ2n) is 7.03. The number of sulfone groups is 1. The van der Waals surface area contributed by atoms with Crippen LogP contribution in [-0.2, 0) is 14.6 Å². The van der Waals surface area contributed by atoms with Gasteiger partial charge in [-0.1, -0.05) is 0 Å². The third-order valence-corrected chi connectivity index (χ3v) is 6.83. The fourth-order valence-electron chi connectivity index (χ4n) is 3.60. The summed E-state index contributed by atoms with van der Waals surface area (Å²) < 4.78 is 35.9. The molecule has 28 heavy (non-hydrogen) atoms. The molecule has 1 aromatic heterocycles. The Hall–Kier alpha value is -2.81.